The summed E-state index contributed by atoms with van der Waals surface area (Å²) in [6, 6.07) is 17.8. The highest BCUT2D eigenvalue weighted by atomic mass is 16.5. The SMILES string of the molecule is Cc1ccc(OCC(=O)N2CCC(C(=O)NCCc3ccccc3)CC2)cc1. The average Bonchev–Trinajstić information content (AvgIpc) is 2.74. The molecule has 0 saturated carbocycles. The number of nitrogens with zero attached hydrogens (tertiary/aromatic N) is 1. The van der Waals surface area contributed by atoms with Crippen molar-refractivity contribution in [1.82, 2.24) is 10.2 Å². The molecule has 2 amide bonds. The summed E-state index contributed by atoms with van der Waals surface area (Å²) in [5.74, 6) is 0.756. The fraction of sp³-hybridized carbons (Fsp3) is 0.391. The second kappa shape index (κ2) is 9.93. The molecule has 148 valence electrons. The number of aryl methyl sites for hydroxylation is 1. The van der Waals surface area contributed by atoms with E-state index in [4.69, 9.17) is 4.74 Å². The van der Waals surface area contributed by atoms with Crippen LogP contribution in [0.3, 0.4) is 0 Å². The van der Waals surface area contributed by atoms with Crippen LogP contribution in [0.4, 0.5) is 0 Å². The number of piperidine rings is 1. The van der Waals surface area contributed by atoms with Crippen LogP contribution in [-0.2, 0) is 16.0 Å². The van der Waals surface area contributed by atoms with Gasteiger partial charge in [0.05, 0.1) is 0 Å². The van der Waals surface area contributed by atoms with E-state index in [2.05, 4.69) is 17.4 Å². The maximum atomic E-state index is 12.4. The Hall–Kier alpha value is -2.82. The minimum Gasteiger partial charge on any atom is -0.484 e. The number of carbonyl (C=O) groups excluding carboxylic acids is 2. The van der Waals surface area contributed by atoms with Crippen molar-refractivity contribution in [2.45, 2.75) is 26.2 Å². The Morgan fingerprint density at radius 3 is 2.39 bits per heavy atom. The van der Waals surface area contributed by atoms with Gasteiger partial charge in [-0.1, -0.05) is 48.0 Å². The Balaban J connectivity index is 1.35. The first kappa shape index (κ1) is 19.9. The molecule has 2 aromatic carbocycles. The lowest BCUT2D eigenvalue weighted by molar-refractivity contribution is -0.137. The average molecular weight is 380 g/mol. The van der Waals surface area contributed by atoms with E-state index < -0.39 is 0 Å². The summed E-state index contributed by atoms with van der Waals surface area (Å²) in [7, 11) is 0. The van der Waals surface area contributed by atoms with E-state index in [0.717, 1.165) is 12.0 Å². The number of hydrogen-bond donors (Lipinski definition) is 1. The predicted octanol–water partition coefficient (Wildman–Crippen LogP) is 2.97. The Labute approximate surface area is 166 Å². The molecule has 3 rings (SSSR count). The molecule has 2 aromatic rings. The predicted molar refractivity (Wildman–Crippen MR) is 109 cm³/mol. The number of nitrogens with one attached hydrogen (secondary N) is 1. The van der Waals surface area contributed by atoms with Gasteiger partial charge in [-0.05, 0) is 43.9 Å². The zero-order chi connectivity index (χ0) is 19.8. The van der Waals surface area contributed by atoms with Gasteiger partial charge in [0.2, 0.25) is 5.91 Å². The summed E-state index contributed by atoms with van der Waals surface area (Å²) >= 11 is 0. The fourth-order valence-electron chi connectivity index (χ4n) is 3.38. The van der Waals surface area contributed by atoms with E-state index in [1.807, 2.05) is 49.4 Å². The van der Waals surface area contributed by atoms with Gasteiger partial charge < -0.3 is 15.0 Å². The van der Waals surface area contributed by atoms with Crippen molar-refractivity contribution in [3.05, 3.63) is 65.7 Å². The van der Waals surface area contributed by atoms with E-state index in [1.54, 1.807) is 4.90 Å². The number of amides is 2. The third-order valence-electron chi connectivity index (χ3n) is 5.16. The summed E-state index contributed by atoms with van der Waals surface area (Å²) in [5, 5.41) is 3.03. The van der Waals surface area contributed by atoms with Gasteiger partial charge in [-0.25, -0.2) is 0 Å². The summed E-state index contributed by atoms with van der Waals surface area (Å²) < 4.78 is 5.57. The lowest BCUT2D eigenvalue weighted by atomic mass is 9.96. The van der Waals surface area contributed by atoms with E-state index >= 15 is 0 Å². The maximum absolute atomic E-state index is 12.4. The quantitative estimate of drug-likeness (QED) is 0.803. The van der Waals surface area contributed by atoms with Crippen LogP contribution in [0.5, 0.6) is 5.75 Å². The topological polar surface area (TPSA) is 58.6 Å². The Bertz CT molecular complexity index is 766. The number of ether oxygens (including phenoxy) is 1. The van der Waals surface area contributed by atoms with E-state index in [-0.39, 0.29) is 24.3 Å². The number of rotatable bonds is 7. The molecule has 1 aliphatic rings. The molecule has 0 aromatic heterocycles. The molecule has 0 unspecified atom stereocenters. The lowest BCUT2D eigenvalue weighted by Crippen LogP contribution is -2.44. The van der Waals surface area contributed by atoms with Crippen molar-refractivity contribution in [2.24, 2.45) is 5.92 Å². The molecule has 1 saturated heterocycles. The van der Waals surface area contributed by atoms with Gasteiger partial charge in [0.25, 0.3) is 5.91 Å². The molecule has 1 fully saturated rings. The largest absolute Gasteiger partial charge is 0.484 e. The Kier molecular flexibility index (Phi) is 7.06. The van der Waals surface area contributed by atoms with Gasteiger partial charge in [-0.2, -0.15) is 0 Å². The minimum absolute atomic E-state index is 0.0159. The highest BCUT2D eigenvalue weighted by Gasteiger charge is 2.27. The molecule has 0 radical (unpaired) electrons. The molecule has 0 bridgehead atoms. The van der Waals surface area contributed by atoms with Crippen molar-refractivity contribution < 1.29 is 14.3 Å². The second-order valence-corrected chi connectivity index (χ2v) is 7.28. The van der Waals surface area contributed by atoms with E-state index in [1.165, 1.54) is 5.56 Å². The Morgan fingerprint density at radius 1 is 1.04 bits per heavy atom. The molecular formula is C23H28N2O3. The van der Waals surface area contributed by atoms with Crippen molar-refractivity contribution in [3.63, 3.8) is 0 Å². The first-order chi connectivity index (χ1) is 13.6. The molecule has 5 nitrogen and oxygen atoms in total. The van der Waals surface area contributed by atoms with E-state index in [0.29, 0.717) is 38.2 Å². The highest BCUT2D eigenvalue weighted by molar-refractivity contribution is 5.80. The standard InChI is InChI=1S/C23H28N2O3/c1-18-7-9-21(10-8-18)28-17-22(26)25-15-12-20(13-16-25)23(27)24-14-11-19-5-3-2-4-6-19/h2-10,20H,11-17H2,1H3,(H,24,27). The molecular weight excluding hydrogens is 352 g/mol. The van der Waals surface area contributed by atoms with Crippen LogP contribution in [0.25, 0.3) is 0 Å². The second-order valence-electron chi connectivity index (χ2n) is 7.28. The normalized spacial score (nSPS) is 14.5. The zero-order valence-corrected chi connectivity index (χ0v) is 16.4. The molecule has 0 spiro atoms. The van der Waals surface area contributed by atoms with Crippen molar-refractivity contribution in [2.75, 3.05) is 26.2 Å². The maximum Gasteiger partial charge on any atom is 0.260 e. The van der Waals surface area contributed by atoms with Gasteiger partial charge in [0.1, 0.15) is 5.75 Å². The van der Waals surface area contributed by atoms with Gasteiger partial charge in [-0.3, -0.25) is 9.59 Å². The molecule has 1 aliphatic heterocycles. The van der Waals surface area contributed by atoms with Gasteiger partial charge >= 0.3 is 0 Å². The lowest BCUT2D eigenvalue weighted by Gasteiger charge is -2.31. The van der Waals surface area contributed by atoms with Crippen molar-refractivity contribution in [3.8, 4) is 5.75 Å². The van der Waals surface area contributed by atoms with Crippen LogP contribution in [-0.4, -0.2) is 43.0 Å². The van der Waals surface area contributed by atoms with E-state index in [9.17, 15) is 9.59 Å². The van der Waals surface area contributed by atoms with Crippen molar-refractivity contribution in [1.29, 1.82) is 0 Å². The zero-order valence-electron chi connectivity index (χ0n) is 16.4. The Morgan fingerprint density at radius 2 is 1.71 bits per heavy atom. The summed E-state index contributed by atoms with van der Waals surface area (Å²) in [5.41, 5.74) is 2.37. The number of hydrogen-bond acceptors (Lipinski definition) is 3. The third-order valence-corrected chi connectivity index (χ3v) is 5.16. The highest BCUT2D eigenvalue weighted by Crippen LogP contribution is 2.18. The van der Waals surface area contributed by atoms with Crippen LogP contribution >= 0.6 is 0 Å². The third kappa shape index (κ3) is 5.84. The molecule has 5 heteroatoms. The van der Waals surface area contributed by atoms with Crippen LogP contribution in [0.15, 0.2) is 54.6 Å². The summed E-state index contributed by atoms with van der Waals surface area (Å²) in [4.78, 5) is 26.5. The molecule has 0 aliphatic carbocycles. The summed E-state index contributed by atoms with van der Waals surface area (Å²) in [6.45, 7) is 3.90. The van der Waals surface area contributed by atoms with Crippen molar-refractivity contribution >= 4 is 11.8 Å². The van der Waals surface area contributed by atoms with Gasteiger partial charge in [-0.15, -0.1) is 0 Å². The van der Waals surface area contributed by atoms with Gasteiger partial charge in [0.15, 0.2) is 6.61 Å². The first-order valence-corrected chi connectivity index (χ1v) is 9.90. The number of benzene rings is 2. The first-order valence-electron chi connectivity index (χ1n) is 9.90. The smallest absolute Gasteiger partial charge is 0.260 e. The van der Waals surface area contributed by atoms with Crippen LogP contribution in [0.2, 0.25) is 0 Å². The molecule has 1 N–H and O–H groups in total. The van der Waals surface area contributed by atoms with Crippen LogP contribution in [0.1, 0.15) is 24.0 Å². The monoisotopic (exact) mass is 380 g/mol. The fourth-order valence-corrected chi connectivity index (χ4v) is 3.38. The number of likely N-dealkylation sites (tertiary alicyclic amines) is 1. The van der Waals surface area contributed by atoms with Crippen LogP contribution < -0.4 is 10.1 Å². The summed E-state index contributed by atoms with van der Waals surface area (Å²) in [6.07, 6.45) is 2.24. The number of carbonyl (C=O) groups is 2. The van der Waals surface area contributed by atoms with Crippen LogP contribution in [0, 0.1) is 12.8 Å². The molecule has 28 heavy (non-hydrogen) atoms. The van der Waals surface area contributed by atoms with Gasteiger partial charge in [0, 0.05) is 25.6 Å². The minimum atomic E-state index is -0.0245. The molecule has 0 atom stereocenters. The molecule has 1 heterocycles.